The van der Waals surface area contributed by atoms with E-state index in [0.717, 1.165) is 12.0 Å². The molecule has 1 fully saturated rings. The lowest BCUT2D eigenvalue weighted by atomic mass is 10.1. The van der Waals surface area contributed by atoms with Gasteiger partial charge >= 0.3 is 0 Å². The average molecular weight is 276 g/mol. The number of carbonyl (C=O) groups excluding carboxylic acids is 2. The lowest BCUT2D eigenvalue weighted by Crippen LogP contribution is -2.47. The number of hydrogen-bond donors (Lipinski definition) is 3. The smallest absolute Gasteiger partial charge is 0.243 e. The first-order chi connectivity index (χ1) is 9.61. The van der Waals surface area contributed by atoms with Crippen LogP contribution in [0.4, 0.5) is 5.69 Å². The fourth-order valence-corrected chi connectivity index (χ4v) is 2.40. The highest BCUT2D eigenvalue weighted by molar-refractivity contribution is 5.88. The minimum atomic E-state index is -0.389. The molecule has 2 rings (SSSR count). The summed E-state index contributed by atoms with van der Waals surface area (Å²) in [6.07, 6.45) is 1.53. The molecule has 1 saturated heterocycles. The van der Waals surface area contributed by atoms with Gasteiger partial charge in [0.2, 0.25) is 11.8 Å². The van der Waals surface area contributed by atoms with Gasteiger partial charge in [-0.2, -0.15) is 0 Å². The van der Waals surface area contributed by atoms with Gasteiger partial charge in [0.1, 0.15) is 6.04 Å². The van der Waals surface area contributed by atoms with Gasteiger partial charge in [0.25, 0.3) is 0 Å². The second kappa shape index (κ2) is 6.38. The number of nitrogen functional groups attached to an aromatic ring is 1. The van der Waals surface area contributed by atoms with Crippen LogP contribution in [0.1, 0.15) is 18.4 Å². The molecule has 0 saturated carbocycles. The lowest BCUT2D eigenvalue weighted by molar-refractivity contribution is -0.137. The molecule has 2 amide bonds. The number of hydrogen-bond acceptors (Lipinski definition) is 4. The molecular formula is C14H20N4O2. The second-order valence-corrected chi connectivity index (χ2v) is 4.91. The molecule has 0 bridgehead atoms. The van der Waals surface area contributed by atoms with Crippen molar-refractivity contribution in [1.29, 1.82) is 0 Å². The highest BCUT2D eigenvalue weighted by atomic mass is 16.2. The first kappa shape index (κ1) is 14.3. The van der Waals surface area contributed by atoms with E-state index in [0.29, 0.717) is 25.2 Å². The van der Waals surface area contributed by atoms with E-state index in [-0.39, 0.29) is 24.4 Å². The molecule has 1 aromatic carbocycles. The van der Waals surface area contributed by atoms with Crippen LogP contribution in [0.2, 0.25) is 0 Å². The van der Waals surface area contributed by atoms with Gasteiger partial charge in [-0.3, -0.25) is 9.59 Å². The third-order valence-corrected chi connectivity index (χ3v) is 3.50. The van der Waals surface area contributed by atoms with Gasteiger partial charge in [0, 0.05) is 18.8 Å². The van der Waals surface area contributed by atoms with E-state index in [2.05, 4.69) is 5.32 Å². The van der Waals surface area contributed by atoms with Crippen molar-refractivity contribution in [2.45, 2.75) is 25.4 Å². The van der Waals surface area contributed by atoms with Gasteiger partial charge in [-0.25, -0.2) is 0 Å². The monoisotopic (exact) mass is 276 g/mol. The Kier molecular flexibility index (Phi) is 4.57. The number of nitrogens with two attached hydrogens (primary N) is 2. The lowest BCUT2D eigenvalue weighted by Gasteiger charge is -2.23. The normalized spacial score (nSPS) is 18.1. The first-order valence-corrected chi connectivity index (χ1v) is 6.73. The Morgan fingerprint density at radius 1 is 1.30 bits per heavy atom. The number of nitrogens with zero attached hydrogens (tertiary/aromatic N) is 1. The van der Waals surface area contributed by atoms with Crippen molar-refractivity contribution in [1.82, 2.24) is 10.2 Å². The number of likely N-dealkylation sites (tertiary alicyclic amines) is 1. The van der Waals surface area contributed by atoms with Gasteiger partial charge in [-0.15, -0.1) is 0 Å². The number of anilines is 1. The van der Waals surface area contributed by atoms with Crippen molar-refractivity contribution < 1.29 is 9.59 Å². The van der Waals surface area contributed by atoms with Crippen LogP contribution in [0.5, 0.6) is 0 Å². The van der Waals surface area contributed by atoms with E-state index in [4.69, 9.17) is 11.5 Å². The Balaban J connectivity index is 1.91. The maximum absolute atomic E-state index is 12.1. The number of nitrogens with one attached hydrogen (secondary N) is 1. The summed E-state index contributed by atoms with van der Waals surface area (Å²) in [4.78, 5) is 25.4. The molecule has 1 aromatic rings. The molecule has 0 spiro atoms. The zero-order chi connectivity index (χ0) is 14.5. The fourth-order valence-electron chi connectivity index (χ4n) is 2.40. The Bertz CT molecular complexity index is 486. The highest BCUT2D eigenvalue weighted by Crippen LogP contribution is 2.17. The summed E-state index contributed by atoms with van der Waals surface area (Å²) >= 11 is 0. The third-order valence-electron chi connectivity index (χ3n) is 3.50. The standard InChI is InChI=1S/C14H20N4O2/c15-8-13(19)18-7-1-2-12(18)14(20)17-9-10-3-5-11(16)6-4-10/h3-6,12H,1-2,7-9,15-16H2,(H,17,20). The van der Waals surface area contributed by atoms with E-state index in [1.54, 1.807) is 17.0 Å². The van der Waals surface area contributed by atoms with Crippen LogP contribution in [0.3, 0.4) is 0 Å². The molecule has 0 aliphatic carbocycles. The quantitative estimate of drug-likeness (QED) is 0.665. The molecule has 1 heterocycles. The van der Waals surface area contributed by atoms with Crippen molar-refractivity contribution in [2.24, 2.45) is 5.73 Å². The summed E-state index contributed by atoms with van der Waals surface area (Å²) in [5.74, 6) is -0.295. The van der Waals surface area contributed by atoms with Gasteiger partial charge < -0.3 is 21.7 Å². The van der Waals surface area contributed by atoms with E-state index in [1.165, 1.54) is 0 Å². The summed E-state index contributed by atoms with van der Waals surface area (Å²) in [6, 6.07) is 6.93. The van der Waals surface area contributed by atoms with Crippen LogP contribution in [-0.4, -0.2) is 35.8 Å². The van der Waals surface area contributed by atoms with Crippen LogP contribution in [0.25, 0.3) is 0 Å². The zero-order valence-corrected chi connectivity index (χ0v) is 11.3. The molecule has 0 radical (unpaired) electrons. The van der Waals surface area contributed by atoms with Crippen molar-refractivity contribution in [3.63, 3.8) is 0 Å². The second-order valence-electron chi connectivity index (χ2n) is 4.91. The Morgan fingerprint density at radius 3 is 2.65 bits per heavy atom. The minimum Gasteiger partial charge on any atom is -0.399 e. The van der Waals surface area contributed by atoms with E-state index >= 15 is 0 Å². The summed E-state index contributed by atoms with van der Waals surface area (Å²) < 4.78 is 0. The minimum absolute atomic E-state index is 0.0538. The van der Waals surface area contributed by atoms with Gasteiger partial charge in [-0.1, -0.05) is 12.1 Å². The number of amides is 2. The molecular weight excluding hydrogens is 256 g/mol. The summed E-state index contributed by atoms with van der Waals surface area (Å²) in [7, 11) is 0. The Hall–Kier alpha value is -2.08. The fraction of sp³-hybridized carbons (Fsp3) is 0.429. The van der Waals surface area contributed by atoms with Crippen LogP contribution in [-0.2, 0) is 16.1 Å². The van der Waals surface area contributed by atoms with Gasteiger partial charge in [0.15, 0.2) is 0 Å². The summed E-state index contributed by atoms with van der Waals surface area (Å²) in [5.41, 5.74) is 12.6. The SMILES string of the molecule is NCC(=O)N1CCCC1C(=O)NCc1ccc(N)cc1. The van der Waals surface area contributed by atoms with E-state index in [1.807, 2.05) is 12.1 Å². The maximum atomic E-state index is 12.1. The van der Waals surface area contributed by atoms with Gasteiger partial charge in [0.05, 0.1) is 6.54 Å². The summed E-state index contributed by atoms with van der Waals surface area (Å²) in [6.45, 7) is 0.984. The highest BCUT2D eigenvalue weighted by Gasteiger charge is 2.33. The predicted octanol–water partition coefficient (Wildman–Crippen LogP) is -0.165. The average Bonchev–Trinajstić information content (AvgIpc) is 2.95. The van der Waals surface area contributed by atoms with Crippen LogP contribution < -0.4 is 16.8 Å². The molecule has 108 valence electrons. The topological polar surface area (TPSA) is 101 Å². The molecule has 1 atom stereocenters. The largest absolute Gasteiger partial charge is 0.399 e. The van der Waals surface area contributed by atoms with Gasteiger partial charge in [-0.05, 0) is 30.5 Å². The molecule has 0 aromatic heterocycles. The molecule has 1 unspecified atom stereocenters. The molecule has 1 aliphatic rings. The Morgan fingerprint density at radius 2 is 2.00 bits per heavy atom. The molecule has 5 N–H and O–H groups in total. The number of benzene rings is 1. The molecule has 20 heavy (non-hydrogen) atoms. The maximum Gasteiger partial charge on any atom is 0.243 e. The van der Waals surface area contributed by atoms with Crippen LogP contribution in [0, 0.1) is 0 Å². The first-order valence-electron chi connectivity index (χ1n) is 6.73. The summed E-state index contributed by atoms with van der Waals surface area (Å²) in [5, 5.41) is 2.85. The van der Waals surface area contributed by atoms with Crippen molar-refractivity contribution >= 4 is 17.5 Å². The molecule has 6 nitrogen and oxygen atoms in total. The molecule has 1 aliphatic heterocycles. The predicted molar refractivity (Wildman–Crippen MR) is 76.5 cm³/mol. The van der Waals surface area contributed by atoms with Crippen LogP contribution in [0.15, 0.2) is 24.3 Å². The van der Waals surface area contributed by atoms with Crippen molar-refractivity contribution in [3.05, 3.63) is 29.8 Å². The van der Waals surface area contributed by atoms with E-state index < -0.39 is 0 Å². The number of rotatable bonds is 4. The van der Waals surface area contributed by atoms with Crippen molar-refractivity contribution in [2.75, 3.05) is 18.8 Å². The van der Waals surface area contributed by atoms with E-state index in [9.17, 15) is 9.59 Å². The Labute approximate surface area is 118 Å². The number of carbonyl (C=O) groups is 2. The zero-order valence-electron chi connectivity index (χ0n) is 11.3. The van der Waals surface area contributed by atoms with Crippen LogP contribution >= 0.6 is 0 Å². The molecule has 6 heteroatoms. The van der Waals surface area contributed by atoms with Crippen molar-refractivity contribution in [3.8, 4) is 0 Å². The third kappa shape index (κ3) is 3.27.